The standard InChI is InChI=1S/C16H19N5O5/c1-11-7-13(26-18-11)10-19-3-5-20(6-4-19)15-14(21(23)24)8-12(9-17-15)16(22)25-2/h7-9H,3-6,10H2,1-2H3. The Balaban J connectivity index is 1.70. The quantitative estimate of drug-likeness (QED) is 0.442. The van der Waals surface area contributed by atoms with Crippen LogP contribution in [0.2, 0.25) is 0 Å². The molecule has 0 bridgehead atoms. The number of anilines is 1. The maximum Gasteiger partial charge on any atom is 0.339 e. The van der Waals surface area contributed by atoms with Crippen LogP contribution in [-0.2, 0) is 11.3 Å². The third-order valence-corrected chi connectivity index (χ3v) is 4.19. The van der Waals surface area contributed by atoms with Crippen molar-refractivity contribution in [2.24, 2.45) is 0 Å². The van der Waals surface area contributed by atoms with Gasteiger partial charge in [-0.3, -0.25) is 15.0 Å². The molecule has 138 valence electrons. The number of ether oxygens (including phenoxy) is 1. The lowest BCUT2D eigenvalue weighted by Crippen LogP contribution is -2.46. The summed E-state index contributed by atoms with van der Waals surface area (Å²) in [6.07, 6.45) is 1.30. The summed E-state index contributed by atoms with van der Waals surface area (Å²) in [5.74, 6) is 0.402. The molecular weight excluding hydrogens is 342 g/mol. The van der Waals surface area contributed by atoms with E-state index in [1.807, 2.05) is 17.9 Å². The van der Waals surface area contributed by atoms with Crippen LogP contribution in [-0.4, -0.2) is 59.2 Å². The molecule has 3 heterocycles. The van der Waals surface area contributed by atoms with E-state index in [2.05, 4.69) is 19.8 Å². The minimum Gasteiger partial charge on any atom is -0.465 e. The van der Waals surface area contributed by atoms with Crippen molar-refractivity contribution in [3.63, 3.8) is 0 Å². The van der Waals surface area contributed by atoms with Crippen molar-refractivity contribution in [1.82, 2.24) is 15.0 Å². The zero-order chi connectivity index (χ0) is 18.7. The third-order valence-electron chi connectivity index (χ3n) is 4.19. The lowest BCUT2D eigenvalue weighted by molar-refractivity contribution is -0.384. The van der Waals surface area contributed by atoms with Gasteiger partial charge < -0.3 is 14.2 Å². The topological polar surface area (TPSA) is 115 Å². The Hall–Kier alpha value is -3.01. The Bertz CT molecular complexity index is 813. The number of methoxy groups -OCH3 is 1. The van der Waals surface area contributed by atoms with E-state index in [0.717, 1.165) is 11.5 Å². The molecule has 10 nitrogen and oxygen atoms in total. The summed E-state index contributed by atoms with van der Waals surface area (Å²) < 4.78 is 9.82. The number of hydrogen-bond acceptors (Lipinski definition) is 9. The normalized spacial score (nSPS) is 15.1. The van der Waals surface area contributed by atoms with E-state index < -0.39 is 10.9 Å². The number of aromatic nitrogens is 2. The molecule has 0 radical (unpaired) electrons. The van der Waals surface area contributed by atoms with Gasteiger partial charge in [-0.05, 0) is 6.92 Å². The molecule has 2 aromatic heterocycles. The molecule has 1 fully saturated rings. The minimum atomic E-state index is -0.653. The number of nitrogens with zero attached hydrogens (tertiary/aromatic N) is 5. The lowest BCUT2D eigenvalue weighted by atomic mass is 10.2. The van der Waals surface area contributed by atoms with Crippen LogP contribution in [0.25, 0.3) is 0 Å². The largest absolute Gasteiger partial charge is 0.465 e. The van der Waals surface area contributed by atoms with Gasteiger partial charge in [0, 0.05) is 44.5 Å². The van der Waals surface area contributed by atoms with Crippen molar-refractivity contribution in [3.05, 3.63) is 45.5 Å². The maximum absolute atomic E-state index is 11.6. The summed E-state index contributed by atoms with van der Waals surface area (Å²) in [6, 6.07) is 3.10. The average molecular weight is 361 g/mol. The molecule has 1 aliphatic rings. The molecule has 26 heavy (non-hydrogen) atoms. The highest BCUT2D eigenvalue weighted by Gasteiger charge is 2.27. The van der Waals surface area contributed by atoms with Crippen molar-refractivity contribution in [3.8, 4) is 0 Å². The zero-order valence-corrected chi connectivity index (χ0v) is 14.5. The van der Waals surface area contributed by atoms with Crippen molar-refractivity contribution in [2.75, 3.05) is 38.2 Å². The summed E-state index contributed by atoms with van der Waals surface area (Å²) >= 11 is 0. The summed E-state index contributed by atoms with van der Waals surface area (Å²) in [5, 5.41) is 15.3. The van der Waals surface area contributed by atoms with E-state index in [1.54, 1.807) is 0 Å². The van der Waals surface area contributed by atoms with Crippen molar-refractivity contribution in [2.45, 2.75) is 13.5 Å². The molecule has 10 heteroatoms. The number of carbonyl (C=O) groups excluding carboxylic acids is 1. The first kappa shape index (κ1) is 17.8. The SMILES string of the molecule is COC(=O)c1cnc(N2CCN(Cc3cc(C)no3)CC2)c([N+](=O)[O-])c1. The predicted octanol–water partition coefficient (Wildman–Crippen LogP) is 1.40. The van der Waals surface area contributed by atoms with Crippen LogP contribution < -0.4 is 4.90 Å². The first-order valence-electron chi connectivity index (χ1n) is 8.10. The highest BCUT2D eigenvalue weighted by molar-refractivity contribution is 5.90. The molecule has 0 aromatic carbocycles. The number of carbonyl (C=O) groups is 1. The van der Waals surface area contributed by atoms with Crippen LogP contribution in [0.3, 0.4) is 0 Å². The Morgan fingerprint density at radius 2 is 2.08 bits per heavy atom. The van der Waals surface area contributed by atoms with Gasteiger partial charge >= 0.3 is 11.7 Å². The number of aryl methyl sites for hydroxylation is 1. The van der Waals surface area contributed by atoms with Gasteiger partial charge in [-0.1, -0.05) is 5.16 Å². The molecule has 1 aliphatic heterocycles. The molecule has 3 rings (SSSR count). The highest BCUT2D eigenvalue weighted by Crippen LogP contribution is 2.28. The summed E-state index contributed by atoms with van der Waals surface area (Å²) in [5.41, 5.74) is 0.693. The van der Waals surface area contributed by atoms with Crippen LogP contribution in [0.15, 0.2) is 22.9 Å². The maximum atomic E-state index is 11.6. The predicted molar refractivity (Wildman–Crippen MR) is 91.0 cm³/mol. The molecule has 0 saturated carbocycles. The smallest absolute Gasteiger partial charge is 0.339 e. The molecule has 0 aliphatic carbocycles. The van der Waals surface area contributed by atoms with E-state index in [4.69, 9.17) is 4.52 Å². The Labute approximate surface area is 149 Å². The van der Waals surface area contributed by atoms with Crippen LogP contribution in [0.4, 0.5) is 11.5 Å². The number of nitro groups is 1. The van der Waals surface area contributed by atoms with Gasteiger partial charge in [0.05, 0.1) is 29.8 Å². The number of esters is 1. The summed E-state index contributed by atoms with van der Waals surface area (Å²) in [7, 11) is 1.22. The van der Waals surface area contributed by atoms with Gasteiger partial charge in [0.2, 0.25) is 5.82 Å². The van der Waals surface area contributed by atoms with Crippen molar-refractivity contribution in [1.29, 1.82) is 0 Å². The van der Waals surface area contributed by atoms with Gasteiger partial charge in [-0.15, -0.1) is 0 Å². The van der Waals surface area contributed by atoms with E-state index in [9.17, 15) is 14.9 Å². The molecule has 0 spiro atoms. The molecule has 0 unspecified atom stereocenters. The van der Waals surface area contributed by atoms with Gasteiger partial charge in [-0.2, -0.15) is 0 Å². The second-order valence-electron chi connectivity index (χ2n) is 6.01. The summed E-state index contributed by atoms with van der Waals surface area (Å²) in [4.78, 5) is 30.6. The monoisotopic (exact) mass is 361 g/mol. The molecule has 0 N–H and O–H groups in total. The number of pyridine rings is 1. The summed E-state index contributed by atoms with van der Waals surface area (Å²) in [6.45, 7) is 5.09. The number of rotatable bonds is 5. The molecule has 0 atom stereocenters. The van der Waals surface area contributed by atoms with Crippen LogP contribution in [0, 0.1) is 17.0 Å². The van der Waals surface area contributed by atoms with Crippen molar-refractivity contribution >= 4 is 17.5 Å². The van der Waals surface area contributed by atoms with E-state index >= 15 is 0 Å². The minimum absolute atomic E-state index is 0.0577. The first-order valence-corrected chi connectivity index (χ1v) is 8.10. The third kappa shape index (κ3) is 3.80. The van der Waals surface area contributed by atoms with Crippen molar-refractivity contribution < 1.29 is 19.0 Å². The fraction of sp³-hybridized carbons (Fsp3) is 0.438. The second-order valence-corrected chi connectivity index (χ2v) is 6.01. The van der Waals surface area contributed by atoms with Gasteiger partial charge in [0.25, 0.3) is 0 Å². The van der Waals surface area contributed by atoms with E-state index in [-0.39, 0.29) is 17.1 Å². The second kappa shape index (κ2) is 7.48. The number of piperazine rings is 1. The molecule has 0 amide bonds. The average Bonchev–Trinajstić information content (AvgIpc) is 3.06. The first-order chi connectivity index (χ1) is 12.5. The highest BCUT2D eigenvalue weighted by atomic mass is 16.6. The van der Waals surface area contributed by atoms with Gasteiger partial charge in [-0.25, -0.2) is 9.78 Å². The van der Waals surface area contributed by atoms with Gasteiger partial charge in [0.1, 0.15) is 0 Å². The van der Waals surface area contributed by atoms with E-state index in [1.165, 1.54) is 19.4 Å². The molecular formula is C16H19N5O5. The molecule has 2 aromatic rings. The van der Waals surface area contributed by atoms with Crippen LogP contribution in [0.5, 0.6) is 0 Å². The Morgan fingerprint density at radius 3 is 2.65 bits per heavy atom. The molecule has 1 saturated heterocycles. The lowest BCUT2D eigenvalue weighted by Gasteiger charge is -2.34. The fourth-order valence-electron chi connectivity index (χ4n) is 2.88. The fourth-order valence-corrected chi connectivity index (χ4v) is 2.88. The Morgan fingerprint density at radius 1 is 1.35 bits per heavy atom. The van der Waals surface area contributed by atoms with Crippen LogP contribution >= 0.6 is 0 Å². The van der Waals surface area contributed by atoms with E-state index in [0.29, 0.717) is 32.7 Å². The Kier molecular flexibility index (Phi) is 5.12. The zero-order valence-electron chi connectivity index (χ0n) is 14.5. The van der Waals surface area contributed by atoms with Crippen LogP contribution in [0.1, 0.15) is 21.8 Å². The number of hydrogen-bond donors (Lipinski definition) is 0. The van der Waals surface area contributed by atoms with Gasteiger partial charge in [0.15, 0.2) is 5.76 Å².